The van der Waals surface area contributed by atoms with Gasteiger partial charge in [0.25, 0.3) is 0 Å². The molecule has 0 aromatic heterocycles. The Kier molecular flexibility index (Phi) is 5.28. The fourth-order valence-corrected chi connectivity index (χ4v) is 4.25. The summed E-state index contributed by atoms with van der Waals surface area (Å²) < 4.78 is 11.1. The zero-order chi connectivity index (χ0) is 18.1. The first-order valence-corrected chi connectivity index (χ1v) is 9.72. The Morgan fingerprint density at radius 3 is 2.69 bits per heavy atom. The van der Waals surface area contributed by atoms with E-state index in [9.17, 15) is 0 Å². The number of benzene rings is 2. The number of fused-ring (bicyclic) bond motifs is 1. The molecule has 1 fully saturated rings. The topological polar surface area (TPSA) is 26.1 Å². The number of hydrogen-bond donors (Lipinski definition) is 1. The number of halogens is 2. The van der Waals surface area contributed by atoms with Gasteiger partial charge in [0, 0.05) is 21.3 Å². The van der Waals surface area contributed by atoms with Crippen LogP contribution in [-0.2, 0) is 17.9 Å². The Morgan fingerprint density at radius 2 is 1.88 bits per heavy atom. The average molecular weight is 394 g/mol. The number of rotatable bonds is 3. The fraction of sp³-hybridized carbons (Fsp3) is 0.400. The van der Waals surface area contributed by atoms with Gasteiger partial charge in [-0.15, -0.1) is 0 Å². The Morgan fingerprint density at radius 1 is 1.08 bits per heavy atom. The van der Waals surface area contributed by atoms with Crippen LogP contribution in [0.4, 0.5) is 5.69 Å². The molecule has 2 aromatic rings. The number of nitrogens with zero attached hydrogens (tertiary/aromatic N) is 1. The van der Waals surface area contributed by atoms with E-state index in [4.69, 9.17) is 32.7 Å². The van der Waals surface area contributed by atoms with Crippen LogP contribution in [0.2, 0.25) is 10.0 Å². The minimum Gasteiger partial charge on any atom is -0.467 e. The highest BCUT2D eigenvalue weighted by molar-refractivity contribution is 6.31. The smallest absolute Gasteiger partial charge is 0.189 e. The molecule has 1 N–H and O–H groups in total. The molecule has 0 spiro atoms. The second-order valence-electron chi connectivity index (χ2n) is 7.01. The third kappa shape index (κ3) is 3.79. The highest BCUT2D eigenvalue weighted by Gasteiger charge is 2.24. The van der Waals surface area contributed by atoms with Crippen molar-refractivity contribution in [3.63, 3.8) is 0 Å². The molecule has 2 aliphatic rings. The minimum absolute atomic E-state index is 0.318. The third-order valence-electron chi connectivity index (χ3n) is 5.17. The summed E-state index contributed by atoms with van der Waals surface area (Å²) in [5, 5.41) is 1.55. The Balaban J connectivity index is 1.45. The van der Waals surface area contributed by atoms with Gasteiger partial charge in [-0.05, 0) is 36.8 Å². The molecule has 1 saturated heterocycles. The van der Waals surface area contributed by atoms with Crippen molar-refractivity contribution < 1.29 is 14.4 Å². The van der Waals surface area contributed by atoms with Gasteiger partial charge in [0.15, 0.2) is 6.79 Å². The summed E-state index contributed by atoms with van der Waals surface area (Å²) in [6.45, 7) is 8.13. The van der Waals surface area contributed by atoms with Gasteiger partial charge in [-0.25, -0.2) is 0 Å². The standard InChI is InChI=1S/C20H22Cl2N2O2/c1-14-2-3-17(21)10-19(14)24-6-4-23(5-7-24)11-15-8-18(22)9-16-12-25-13-26-20(15)16/h2-3,8-10H,4-7,11-13H2,1H3/p+1. The van der Waals surface area contributed by atoms with E-state index in [0.717, 1.165) is 54.1 Å². The molecule has 0 saturated carbocycles. The Hall–Kier alpha value is -1.46. The van der Waals surface area contributed by atoms with Crippen LogP contribution in [0, 0.1) is 6.92 Å². The number of aryl methyl sites for hydroxylation is 1. The maximum Gasteiger partial charge on any atom is 0.189 e. The molecular formula is C20H23Cl2N2O2+. The van der Waals surface area contributed by atoms with Crippen LogP contribution in [0.3, 0.4) is 0 Å². The van der Waals surface area contributed by atoms with Crippen LogP contribution < -0.4 is 14.5 Å². The number of hydrogen-bond acceptors (Lipinski definition) is 3. The van der Waals surface area contributed by atoms with E-state index < -0.39 is 0 Å². The molecule has 0 radical (unpaired) electrons. The molecule has 4 nitrogen and oxygen atoms in total. The predicted octanol–water partition coefficient (Wildman–Crippen LogP) is 3.07. The van der Waals surface area contributed by atoms with Gasteiger partial charge in [-0.1, -0.05) is 29.3 Å². The molecule has 6 heteroatoms. The van der Waals surface area contributed by atoms with Gasteiger partial charge in [0.2, 0.25) is 0 Å². The van der Waals surface area contributed by atoms with E-state index in [1.807, 2.05) is 18.2 Å². The highest BCUT2D eigenvalue weighted by Crippen LogP contribution is 2.31. The summed E-state index contributed by atoms with van der Waals surface area (Å²) in [6, 6.07) is 10.1. The van der Waals surface area contributed by atoms with Crippen LogP contribution in [0.25, 0.3) is 0 Å². The first kappa shape index (κ1) is 17.9. The third-order valence-corrected chi connectivity index (χ3v) is 5.63. The first-order chi connectivity index (χ1) is 12.6. The molecule has 138 valence electrons. The maximum absolute atomic E-state index is 6.29. The van der Waals surface area contributed by atoms with Crippen molar-refractivity contribution in [2.24, 2.45) is 0 Å². The van der Waals surface area contributed by atoms with Crippen molar-refractivity contribution in [1.29, 1.82) is 0 Å². The second-order valence-corrected chi connectivity index (χ2v) is 7.88. The van der Waals surface area contributed by atoms with E-state index in [2.05, 4.69) is 24.0 Å². The summed E-state index contributed by atoms with van der Waals surface area (Å²) in [5.74, 6) is 0.960. The van der Waals surface area contributed by atoms with E-state index in [1.54, 1.807) is 4.90 Å². The first-order valence-electron chi connectivity index (χ1n) is 8.96. The number of ether oxygens (including phenoxy) is 2. The number of piperazine rings is 1. The zero-order valence-electron chi connectivity index (χ0n) is 14.9. The fourth-order valence-electron chi connectivity index (χ4n) is 3.82. The molecule has 0 bridgehead atoms. The highest BCUT2D eigenvalue weighted by atomic mass is 35.5. The van der Waals surface area contributed by atoms with E-state index >= 15 is 0 Å². The van der Waals surface area contributed by atoms with Crippen molar-refractivity contribution in [2.75, 3.05) is 37.9 Å². The SMILES string of the molecule is Cc1ccc(Cl)cc1N1CC[NH+](Cc2cc(Cl)cc3c2OCOC3)CC1. The molecular weight excluding hydrogens is 371 g/mol. The van der Waals surface area contributed by atoms with Crippen molar-refractivity contribution in [2.45, 2.75) is 20.1 Å². The lowest BCUT2D eigenvalue weighted by atomic mass is 10.1. The van der Waals surface area contributed by atoms with Gasteiger partial charge >= 0.3 is 0 Å². The monoisotopic (exact) mass is 393 g/mol. The minimum atomic E-state index is 0.318. The molecule has 0 aliphatic carbocycles. The van der Waals surface area contributed by atoms with Crippen LogP contribution in [0.5, 0.6) is 5.75 Å². The molecule has 26 heavy (non-hydrogen) atoms. The molecule has 0 unspecified atom stereocenters. The molecule has 2 aliphatic heterocycles. The average Bonchev–Trinajstić information content (AvgIpc) is 2.64. The van der Waals surface area contributed by atoms with Crippen LogP contribution in [-0.4, -0.2) is 33.0 Å². The van der Waals surface area contributed by atoms with Gasteiger partial charge in [-0.3, -0.25) is 0 Å². The number of nitrogens with one attached hydrogen (secondary N) is 1. The van der Waals surface area contributed by atoms with E-state index in [1.165, 1.54) is 16.8 Å². The van der Waals surface area contributed by atoms with Gasteiger partial charge in [-0.2, -0.15) is 0 Å². The summed E-state index contributed by atoms with van der Waals surface area (Å²) >= 11 is 12.5. The summed E-state index contributed by atoms with van der Waals surface area (Å²) in [6.07, 6.45) is 0. The van der Waals surface area contributed by atoms with Gasteiger partial charge < -0.3 is 19.3 Å². The van der Waals surface area contributed by atoms with Gasteiger partial charge in [0.05, 0.1) is 38.3 Å². The summed E-state index contributed by atoms with van der Waals surface area (Å²) in [7, 11) is 0. The lowest BCUT2D eigenvalue weighted by Gasteiger charge is -2.35. The molecule has 4 rings (SSSR count). The van der Waals surface area contributed by atoms with Crippen LogP contribution in [0.1, 0.15) is 16.7 Å². The van der Waals surface area contributed by atoms with Crippen LogP contribution >= 0.6 is 23.2 Å². The molecule has 0 atom stereocenters. The summed E-state index contributed by atoms with van der Waals surface area (Å²) in [5.41, 5.74) is 4.75. The van der Waals surface area contributed by atoms with Crippen molar-refractivity contribution >= 4 is 28.9 Å². The maximum atomic E-state index is 6.29. The van der Waals surface area contributed by atoms with Gasteiger partial charge in [0.1, 0.15) is 12.3 Å². The predicted molar refractivity (Wildman–Crippen MR) is 105 cm³/mol. The van der Waals surface area contributed by atoms with E-state index in [-0.39, 0.29) is 0 Å². The second kappa shape index (κ2) is 7.65. The van der Waals surface area contributed by atoms with Crippen LogP contribution in [0.15, 0.2) is 30.3 Å². The summed E-state index contributed by atoms with van der Waals surface area (Å²) in [4.78, 5) is 3.98. The quantitative estimate of drug-likeness (QED) is 0.867. The van der Waals surface area contributed by atoms with E-state index in [0.29, 0.717) is 13.4 Å². The zero-order valence-corrected chi connectivity index (χ0v) is 16.4. The lowest BCUT2D eigenvalue weighted by molar-refractivity contribution is -0.914. The number of anilines is 1. The van der Waals surface area contributed by atoms with Crippen molar-refractivity contribution in [3.8, 4) is 5.75 Å². The molecule has 2 heterocycles. The van der Waals surface area contributed by atoms with Crippen molar-refractivity contribution in [1.82, 2.24) is 0 Å². The normalized spacial score (nSPS) is 17.7. The Bertz CT molecular complexity index is 805. The molecule has 2 aromatic carbocycles. The number of quaternary nitrogens is 1. The lowest BCUT2D eigenvalue weighted by Crippen LogP contribution is -3.13. The largest absolute Gasteiger partial charge is 0.467 e. The Labute approximate surface area is 164 Å². The van der Waals surface area contributed by atoms with Crippen molar-refractivity contribution in [3.05, 3.63) is 57.1 Å². The molecule has 0 amide bonds.